The van der Waals surface area contributed by atoms with Crippen LogP contribution in [0.5, 0.6) is 0 Å². The Labute approximate surface area is 80.9 Å². The number of carbonyl (C=O) groups excluding carboxylic acids is 1. The van der Waals surface area contributed by atoms with Crippen molar-refractivity contribution >= 4 is 17.0 Å². The molecule has 0 aromatic heterocycles. The van der Waals surface area contributed by atoms with Crippen molar-refractivity contribution in [1.29, 1.82) is 0 Å². The molecular weight excluding hydrogens is 192 g/mol. The van der Waals surface area contributed by atoms with Gasteiger partial charge in [0.15, 0.2) is 11.1 Å². The molecule has 0 aliphatic carbocycles. The normalized spacial score (nSPS) is 15.0. The molecule has 13 heavy (non-hydrogen) atoms. The van der Waals surface area contributed by atoms with E-state index in [1.807, 2.05) is 6.92 Å². The van der Waals surface area contributed by atoms with Gasteiger partial charge in [-0.1, -0.05) is 20.3 Å². The summed E-state index contributed by atoms with van der Waals surface area (Å²) in [4.78, 5) is 10.8. The predicted molar refractivity (Wildman–Crippen MR) is 50.7 cm³/mol. The summed E-state index contributed by atoms with van der Waals surface area (Å²) in [5.41, 5.74) is 0. The Hall–Kier alpha value is -0.420. The van der Waals surface area contributed by atoms with E-state index in [4.69, 9.17) is 9.29 Å². The van der Waals surface area contributed by atoms with Gasteiger partial charge in [0.1, 0.15) is 5.75 Å². The average molecular weight is 208 g/mol. The second-order valence-electron chi connectivity index (χ2n) is 3.04. The van der Waals surface area contributed by atoms with Crippen molar-refractivity contribution in [2.45, 2.75) is 26.7 Å². The summed E-state index contributed by atoms with van der Waals surface area (Å²) in [6.45, 7) is 4.37. The number of hydrogen-bond acceptors (Lipinski definition) is 3. The molecule has 0 aromatic rings. The monoisotopic (exact) mass is 208 g/mol. The minimum absolute atomic E-state index is 0.320. The zero-order chi connectivity index (χ0) is 10.3. The number of rotatable bonds is 6. The lowest BCUT2D eigenvalue weighted by Crippen LogP contribution is -2.17. The van der Waals surface area contributed by atoms with Gasteiger partial charge in [-0.15, -0.1) is 0 Å². The van der Waals surface area contributed by atoms with Gasteiger partial charge < -0.3 is 9.29 Å². The van der Waals surface area contributed by atoms with Crippen LogP contribution in [-0.4, -0.2) is 27.1 Å². The van der Waals surface area contributed by atoms with Gasteiger partial charge in [0.2, 0.25) is 0 Å². The van der Waals surface area contributed by atoms with Gasteiger partial charge in [-0.25, -0.2) is 4.21 Å². The van der Waals surface area contributed by atoms with Crippen molar-refractivity contribution in [3.63, 3.8) is 0 Å². The van der Waals surface area contributed by atoms with E-state index in [0.717, 1.165) is 12.8 Å². The smallest absolute Gasteiger partial charge is 0.320 e. The zero-order valence-corrected chi connectivity index (χ0v) is 8.80. The maximum atomic E-state index is 10.8. The summed E-state index contributed by atoms with van der Waals surface area (Å²) >= 11 is -2.09. The van der Waals surface area contributed by atoms with E-state index in [9.17, 15) is 9.00 Å². The van der Waals surface area contributed by atoms with Gasteiger partial charge in [-0.05, 0) is 12.3 Å². The third-order valence-electron chi connectivity index (χ3n) is 1.55. The predicted octanol–water partition coefficient (Wildman–Crippen LogP) is 1.19. The summed E-state index contributed by atoms with van der Waals surface area (Å²) in [7, 11) is 0. The molecule has 0 aliphatic rings. The molecule has 5 heteroatoms. The number of ether oxygens (including phenoxy) is 1. The third kappa shape index (κ3) is 7.93. The molecule has 0 aliphatic heterocycles. The molecule has 0 saturated carbocycles. The van der Waals surface area contributed by atoms with Gasteiger partial charge in [0.05, 0.1) is 6.61 Å². The molecule has 0 rings (SSSR count). The number of esters is 1. The molecule has 4 nitrogen and oxygen atoms in total. The van der Waals surface area contributed by atoms with Crippen molar-refractivity contribution in [2.24, 2.45) is 5.92 Å². The fraction of sp³-hybridized carbons (Fsp3) is 0.875. The lowest BCUT2D eigenvalue weighted by atomic mass is 10.1. The first-order valence-corrected chi connectivity index (χ1v) is 5.57. The van der Waals surface area contributed by atoms with Crippen LogP contribution in [0.3, 0.4) is 0 Å². The standard InChI is InChI=1S/C8H16O4S/c1-3-4-7(2)5-12-8(9)6-13(10)11/h7H,3-6H2,1-2H3,(H,10,11). The fourth-order valence-electron chi connectivity index (χ4n) is 0.954. The summed E-state index contributed by atoms with van der Waals surface area (Å²) < 4.78 is 23.3. The van der Waals surface area contributed by atoms with Crippen LogP contribution in [0.1, 0.15) is 26.7 Å². The number of carbonyl (C=O) groups is 1. The molecule has 0 amide bonds. The first kappa shape index (κ1) is 12.6. The largest absolute Gasteiger partial charge is 0.465 e. The van der Waals surface area contributed by atoms with E-state index in [0.29, 0.717) is 12.5 Å². The van der Waals surface area contributed by atoms with Crippen LogP contribution in [0.2, 0.25) is 0 Å². The topological polar surface area (TPSA) is 63.6 Å². The third-order valence-corrected chi connectivity index (χ3v) is 2.03. The quantitative estimate of drug-likeness (QED) is 0.526. The molecule has 1 N–H and O–H groups in total. The summed E-state index contributed by atoms with van der Waals surface area (Å²) in [5, 5.41) is 0. The van der Waals surface area contributed by atoms with Crippen LogP contribution in [0.4, 0.5) is 0 Å². The van der Waals surface area contributed by atoms with Crippen LogP contribution in [0.15, 0.2) is 0 Å². The van der Waals surface area contributed by atoms with Crippen LogP contribution < -0.4 is 0 Å². The molecule has 0 radical (unpaired) electrons. The second kappa shape index (κ2) is 7.03. The molecule has 0 saturated heterocycles. The molecule has 0 spiro atoms. The minimum atomic E-state index is -2.09. The highest BCUT2D eigenvalue weighted by Gasteiger charge is 2.09. The molecular formula is C8H16O4S. The minimum Gasteiger partial charge on any atom is -0.465 e. The van der Waals surface area contributed by atoms with Gasteiger partial charge in [0, 0.05) is 0 Å². The average Bonchev–Trinajstić information content (AvgIpc) is 2.00. The van der Waals surface area contributed by atoms with Crippen LogP contribution in [0, 0.1) is 5.92 Å². The first-order valence-electron chi connectivity index (χ1n) is 4.29. The van der Waals surface area contributed by atoms with Gasteiger partial charge >= 0.3 is 5.97 Å². The molecule has 2 atom stereocenters. The Morgan fingerprint density at radius 2 is 2.23 bits per heavy atom. The maximum Gasteiger partial charge on any atom is 0.320 e. The Morgan fingerprint density at radius 3 is 2.69 bits per heavy atom. The van der Waals surface area contributed by atoms with E-state index < -0.39 is 22.8 Å². The van der Waals surface area contributed by atoms with E-state index >= 15 is 0 Å². The Kier molecular flexibility index (Phi) is 6.80. The van der Waals surface area contributed by atoms with Gasteiger partial charge in [-0.3, -0.25) is 4.79 Å². The molecule has 2 unspecified atom stereocenters. The van der Waals surface area contributed by atoms with Crippen molar-refractivity contribution in [3.8, 4) is 0 Å². The maximum absolute atomic E-state index is 10.8. The highest BCUT2D eigenvalue weighted by atomic mass is 32.2. The van der Waals surface area contributed by atoms with E-state index in [-0.39, 0.29) is 0 Å². The van der Waals surface area contributed by atoms with E-state index in [1.54, 1.807) is 0 Å². The van der Waals surface area contributed by atoms with Crippen molar-refractivity contribution < 1.29 is 18.3 Å². The fourth-order valence-corrected chi connectivity index (χ4v) is 1.24. The highest BCUT2D eigenvalue weighted by Crippen LogP contribution is 2.04. The highest BCUT2D eigenvalue weighted by molar-refractivity contribution is 7.80. The zero-order valence-electron chi connectivity index (χ0n) is 7.99. The van der Waals surface area contributed by atoms with Crippen molar-refractivity contribution in [2.75, 3.05) is 12.4 Å². The Bertz CT molecular complexity index is 181. The lowest BCUT2D eigenvalue weighted by molar-refractivity contribution is -0.141. The Balaban J connectivity index is 3.51. The van der Waals surface area contributed by atoms with Crippen LogP contribution >= 0.6 is 0 Å². The summed E-state index contributed by atoms with van der Waals surface area (Å²) in [6.07, 6.45) is 2.04. The van der Waals surface area contributed by atoms with Crippen LogP contribution in [-0.2, 0) is 20.6 Å². The summed E-state index contributed by atoms with van der Waals surface area (Å²) in [5.74, 6) is -0.719. The van der Waals surface area contributed by atoms with E-state index in [2.05, 4.69) is 6.92 Å². The molecule has 0 fully saturated rings. The summed E-state index contributed by atoms with van der Waals surface area (Å²) in [6, 6.07) is 0. The SMILES string of the molecule is CCCC(C)COC(=O)CS(=O)O. The molecule has 0 bridgehead atoms. The van der Waals surface area contributed by atoms with Crippen LogP contribution in [0.25, 0.3) is 0 Å². The van der Waals surface area contributed by atoms with Gasteiger partial charge in [-0.2, -0.15) is 0 Å². The van der Waals surface area contributed by atoms with Gasteiger partial charge in [0.25, 0.3) is 0 Å². The lowest BCUT2D eigenvalue weighted by Gasteiger charge is -2.09. The van der Waals surface area contributed by atoms with Crippen molar-refractivity contribution in [3.05, 3.63) is 0 Å². The first-order chi connectivity index (χ1) is 6.06. The molecule has 78 valence electrons. The van der Waals surface area contributed by atoms with Crippen molar-refractivity contribution in [1.82, 2.24) is 0 Å². The second-order valence-corrected chi connectivity index (χ2v) is 3.97. The Morgan fingerprint density at radius 1 is 1.62 bits per heavy atom. The molecule has 0 aromatic carbocycles. The number of hydrogen-bond donors (Lipinski definition) is 1. The molecule has 0 heterocycles. The van der Waals surface area contributed by atoms with E-state index in [1.165, 1.54) is 0 Å².